The van der Waals surface area contributed by atoms with Crippen LogP contribution in [0.4, 0.5) is 5.69 Å². The zero-order chi connectivity index (χ0) is 14.3. The summed E-state index contributed by atoms with van der Waals surface area (Å²) in [7, 11) is 0. The van der Waals surface area contributed by atoms with E-state index in [-0.39, 0.29) is 11.5 Å². The largest absolute Gasteiger partial charge is 0.398 e. The maximum atomic E-state index is 12.4. The molecule has 0 aliphatic heterocycles. The highest BCUT2D eigenvalue weighted by molar-refractivity contribution is 9.10. The zero-order valence-electron chi connectivity index (χ0n) is 10.2. The first-order valence-corrected chi connectivity index (χ1v) is 6.65. The van der Waals surface area contributed by atoms with E-state index >= 15 is 0 Å². The minimum Gasteiger partial charge on any atom is -0.398 e. The van der Waals surface area contributed by atoms with Crippen molar-refractivity contribution >= 4 is 38.4 Å². The van der Waals surface area contributed by atoms with E-state index in [1.807, 2.05) is 0 Å². The molecule has 6 heteroatoms. The summed E-state index contributed by atoms with van der Waals surface area (Å²) in [6, 6.07) is 10.1. The number of carbonyl (C=O) groups excluding carboxylic acids is 1. The average molecular weight is 332 g/mol. The molecule has 1 heterocycles. The van der Waals surface area contributed by atoms with Crippen molar-refractivity contribution in [2.24, 2.45) is 0 Å². The number of hydrogen-bond donors (Lipinski definition) is 3. The lowest BCUT2D eigenvalue weighted by Crippen LogP contribution is -2.02. The maximum Gasteiger partial charge on any atom is 0.323 e. The van der Waals surface area contributed by atoms with E-state index in [9.17, 15) is 9.59 Å². The second-order valence-electron chi connectivity index (χ2n) is 4.40. The van der Waals surface area contributed by atoms with Crippen LogP contribution in [0.5, 0.6) is 0 Å². The van der Waals surface area contributed by atoms with Crippen LogP contribution in [0.25, 0.3) is 11.0 Å². The van der Waals surface area contributed by atoms with Crippen molar-refractivity contribution in [2.45, 2.75) is 0 Å². The number of aromatic amines is 2. The number of carbonyl (C=O) groups is 1. The van der Waals surface area contributed by atoms with E-state index < -0.39 is 0 Å². The van der Waals surface area contributed by atoms with Gasteiger partial charge in [-0.25, -0.2) is 4.79 Å². The Balaban J connectivity index is 2.07. The molecule has 20 heavy (non-hydrogen) atoms. The van der Waals surface area contributed by atoms with Gasteiger partial charge in [0.2, 0.25) is 0 Å². The fourth-order valence-corrected chi connectivity index (χ4v) is 2.27. The second kappa shape index (κ2) is 4.64. The van der Waals surface area contributed by atoms with Gasteiger partial charge in [-0.3, -0.25) is 4.79 Å². The predicted octanol–water partition coefficient (Wildman–Crippen LogP) is 2.43. The highest BCUT2D eigenvalue weighted by Gasteiger charge is 2.11. The Kier molecular flexibility index (Phi) is 2.94. The first kappa shape index (κ1) is 12.7. The molecule has 1 aromatic heterocycles. The monoisotopic (exact) mass is 331 g/mol. The van der Waals surface area contributed by atoms with Gasteiger partial charge in [-0.15, -0.1) is 0 Å². The molecular formula is C14H10BrN3O2. The van der Waals surface area contributed by atoms with Crippen LogP contribution < -0.4 is 11.4 Å². The number of anilines is 1. The van der Waals surface area contributed by atoms with Crippen molar-refractivity contribution < 1.29 is 4.79 Å². The van der Waals surface area contributed by atoms with E-state index in [0.717, 1.165) is 4.47 Å². The van der Waals surface area contributed by atoms with Gasteiger partial charge in [0.25, 0.3) is 0 Å². The molecule has 100 valence electrons. The minimum absolute atomic E-state index is 0.145. The molecule has 3 aromatic rings. The van der Waals surface area contributed by atoms with Crippen LogP contribution >= 0.6 is 15.9 Å². The maximum absolute atomic E-state index is 12.4. The van der Waals surface area contributed by atoms with Crippen LogP contribution in [0.3, 0.4) is 0 Å². The third-order valence-electron chi connectivity index (χ3n) is 3.04. The summed E-state index contributed by atoms with van der Waals surface area (Å²) in [5.74, 6) is -0.145. The van der Waals surface area contributed by atoms with Crippen LogP contribution in [0.15, 0.2) is 45.7 Å². The molecule has 0 saturated carbocycles. The van der Waals surface area contributed by atoms with E-state index in [1.165, 1.54) is 0 Å². The van der Waals surface area contributed by atoms with Gasteiger partial charge < -0.3 is 15.7 Å². The van der Waals surface area contributed by atoms with Gasteiger partial charge in [-0.05, 0) is 52.3 Å². The van der Waals surface area contributed by atoms with Crippen LogP contribution in [-0.4, -0.2) is 15.8 Å². The fraction of sp³-hybridized carbons (Fsp3) is 0. The van der Waals surface area contributed by atoms with Gasteiger partial charge >= 0.3 is 5.69 Å². The molecule has 0 saturated heterocycles. The first-order chi connectivity index (χ1) is 9.54. The third-order valence-corrected chi connectivity index (χ3v) is 3.76. The van der Waals surface area contributed by atoms with E-state index in [1.54, 1.807) is 36.4 Å². The highest BCUT2D eigenvalue weighted by atomic mass is 79.9. The Labute approximate surface area is 121 Å². The van der Waals surface area contributed by atoms with Gasteiger partial charge in [-0.1, -0.05) is 0 Å². The molecule has 0 fully saturated rings. The number of nitrogen functional groups attached to an aromatic ring is 1. The Morgan fingerprint density at radius 2 is 1.65 bits per heavy atom. The fourth-order valence-electron chi connectivity index (χ4n) is 2.03. The third kappa shape index (κ3) is 2.14. The second-order valence-corrected chi connectivity index (χ2v) is 5.26. The average Bonchev–Trinajstić information content (AvgIpc) is 2.80. The molecule has 4 N–H and O–H groups in total. The number of rotatable bonds is 2. The quantitative estimate of drug-likeness (QED) is 0.497. The van der Waals surface area contributed by atoms with Gasteiger partial charge in [0.15, 0.2) is 5.78 Å². The topological polar surface area (TPSA) is 91.7 Å². The number of H-pyrrole nitrogens is 2. The van der Waals surface area contributed by atoms with Gasteiger partial charge in [-0.2, -0.15) is 0 Å². The molecule has 0 unspecified atom stereocenters. The summed E-state index contributed by atoms with van der Waals surface area (Å²) in [5, 5.41) is 0. The van der Waals surface area contributed by atoms with Crippen molar-refractivity contribution in [1.29, 1.82) is 0 Å². The van der Waals surface area contributed by atoms with Crippen LogP contribution in [0.2, 0.25) is 0 Å². The number of fused-ring (bicyclic) bond motifs is 1. The van der Waals surface area contributed by atoms with E-state index in [2.05, 4.69) is 25.9 Å². The molecule has 0 aliphatic rings. The normalized spacial score (nSPS) is 10.8. The van der Waals surface area contributed by atoms with Crippen molar-refractivity contribution in [3.8, 4) is 0 Å². The Morgan fingerprint density at radius 1 is 1.00 bits per heavy atom. The molecule has 2 aromatic carbocycles. The number of halogens is 1. The number of ketones is 1. The molecule has 0 spiro atoms. The molecule has 0 bridgehead atoms. The number of aromatic nitrogens is 2. The van der Waals surface area contributed by atoms with Crippen molar-refractivity contribution in [3.05, 3.63) is 62.5 Å². The minimum atomic E-state index is -0.294. The molecule has 0 amide bonds. The summed E-state index contributed by atoms with van der Waals surface area (Å²) in [5.41, 5.74) is 8.26. The van der Waals surface area contributed by atoms with Crippen LogP contribution in [-0.2, 0) is 0 Å². The molecule has 3 rings (SSSR count). The number of hydrogen-bond acceptors (Lipinski definition) is 3. The Bertz CT molecular complexity index is 880. The lowest BCUT2D eigenvalue weighted by Gasteiger charge is -2.04. The summed E-state index contributed by atoms with van der Waals surface area (Å²) in [6.45, 7) is 0. The molecule has 0 radical (unpaired) electrons. The summed E-state index contributed by atoms with van der Waals surface area (Å²) in [4.78, 5) is 28.9. The SMILES string of the molecule is Nc1cc(C(=O)c2ccc3[nH]c(=O)[nH]c3c2)ccc1Br. The predicted molar refractivity (Wildman–Crippen MR) is 80.9 cm³/mol. The number of nitrogens with one attached hydrogen (secondary N) is 2. The number of nitrogens with two attached hydrogens (primary N) is 1. The van der Waals surface area contributed by atoms with Crippen molar-refractivity contribution in [1.82, 2.24) is 9.97 Å². The standard InChI is InChI=1S/C14H10BrN3O2/c15-9-3-1-7(5-10(9)16)13(19)8-2-4-11-12(6-8)18-14(20)17-11/h1-6H,16H2,(H2,17,18,20). The van der Waals surface area contributed by atoms with Gasteiger partial charge in [0.05, 0.1) is 11.0 Å². The zero-order valence-corrected chi connectivity index (χ0v) is 11.8. The first-order valence-electron chi connectivity index (χ1n) is 5.86. The van der Waals surface area contributed by atoms with Gasteiger partial charge in [0, 0.05) is 21.3 Å². The molecule has 5 nitrogen and oxygen atoms in total. The number of imidazole rings is 1. The number of benzene rings is 2. The summed E-state index contributed by atoms with van der Waals surface area (Å²) >= 11 is 3.29. The lowest BCUT2D eigenvalue weighted by molar-refractivity contribution is 0.103. The van der Waals surface area contributed by atoms with E-state index in [4.69, 9.17) is 5.73 Å². The summed E-state index contributed by atoms with van der Waals surface area (Å²) in [6.07, 6.45) is 0. The molecule has 0 aliphatic carbocycles. The highest BCUT2D eigenvalue weighted by Crippen LogP contribution is 2.22. The lowest BCUT2D eigenvalue weighted by atomic mass is 10.0. The van der Waals surface area contributed by atoms with Gasteiger partial charge in [0.1, 0.15) is 0 Å². The van der Waals surface area contributed by atoms with Crippen LogP contribution in [0.1, 0.15) is 15.9 Å². The van der Waals surface area contributed by atoms with Crippen molar-refractivity contribution in [3.63, 3.8) is 0 Å². The Hall–Kier alpha value is -2.34. The van der Waals surface area contributed by atoms with E-state index in [0.29, 0.717) is 27.8 Å². The van der Waals surface area contributed by atoms with Crippen molar-refractivity contribution in [2.75, 3.05) is 5.73 Å². The molecular weight excluding hydrogens is 322 g/mol. The van der Waals surface area contributed by atoms with Crippen LogP contribution in [0, 0.1) is 0 Å². The smallest absolute Gasteiger partial charge is 0.323 e. The Morgan fingerprint density at radius 3 is 2.40 bits per heavy atom. The molecule has 0 atom stereocenters. The summed E-state index contributed by atoms with van der Waals surface area (Å²) < 4.78 is 0.750.